The number of hydrogen-bond acceptors (Lipinski definition) is 4. The third-order valence-corrected chi connectivity index (χ3v) is 2.85. The molecule has 4 nitrogen and oxygen atoms in total. The van der Waals surface area contributed by atoms with Gasteiger partial charge in [-0.1, -0.05) is 18.5 Å². The number of anilines is 1. The maximum absolute atomic E-state index is 13.0. The highest BCUT2D eigenvalue weighted by molar-refractivity contribution is 6.32. The zero-order valence-electron chi connectivity index (χ0n) is 10.3. The molecule has 2 aromatic rings. The highest BCUT2D eigenvalue weighted by Gasteiger charge is 2.15. The van der Waals surface area contributed by atoms with Crippen molar-refractivity contribution in [2.75, 3.05) is 5.73 Å². The number of hydrogen-bond donors (Lipinski definition) is 1. The molecule has 0 saturated carbocycles. The predicted molar refractivity (Wildman–Crippen MR) is 71.5 cm³/mol. The van der Waals surface area contributed by atoms with Crippen LogP contribution in [-0.2, 0) is 0 Å². The van der Waals surface area contributed by atoms with Crippen molar-refractivity contribution in [3.05, 3.63) is 47.0 Å². The average molecular weight is 282 g/mol. The number of halogens is 2. The molecular weight excluding hydrogens is 269 g/mol. The number of benzene rings is 1. The van der Waals surface area contributed by atoms with E-state index < -0.39 is 5.82 Å². The maximum atomic E-state index is 13.0. The summed E-state index contributed by atoms with van der Waals surface area (Å²) >= 11 is 5.93. The summed E-state index contributed by atoms with van der Waals surface area (Å²) in [6, 6.07) is 5.72. The van der Waals surface area contributed by atoms with E-state index in [1.807, 2.05) is 6.92 Å². The van der Waals surface area contributed by atoms with Crippen molar-refractivity contribution < 1.29 is 9.13 Å². The minimum atomic E-state index is -0.406. The molecule has 100 valence electrons. The lowest BCUT2D eigenvalue weighted by molar-refractivity contribution is 0.196. The first-order valence-electron chi connectivity index (χ1n) is 5.80. The summed E-state index contributed by atoms with van der Waals surface area (Å²) in [6.45, 7) is 1.94. The Morgan fingerprint density at radius 2 is 2.21 bits per heavy atom. The van der Waals surface area contributed by atoms with Gasteiger partial charge < -0.3 is 10.5 Å². The van der Waals surface area contributed by atoms with Crippen LogP contribution in [0.15, 0.2) is 30.5 Å². The van der Waals surface area contributed by atoms with Crippen LogP contribution in [0.25, 0.3) is 0 Å². The summed E-state index contributed by atoms with van der Waals surface area (Å²) in [6.07, 6.45) is 1.92. The lowest BCUT2D eigenvalue weighted by atomic mass is 10.2. The fraction of sp³-hybridized carbons (Fsp3) is 0.231. The van der Waals surface area contributed by atoms with Gasteiger partial charge in [0.1, 0.15) is 17.7 Å². The van der Waals surface area contributed by atoms with Crippen LogP contribution in [-0.4, -0.2) is 9.97 Å². The molecule has 0 saturated heterocycles. The first kappa shape index (κ1) is 13.5. The summed E-state index contributed by atoms with van der Waals surface area (Å²) in [5.41, 5.74) is 6.20. The molecule has 6 heteroatoms. The van der Waals surface area contributed by atoms with Gasteiger partial charge in [-0.3, -0.25) is 0 Å². The Morgan fingerprint density at radius 1 is 1.42 bits per heavy atom. The predicted octanol–water partition coefficient (Wildman–Crippen LogP) is 3.38. The minimum Gasteiger partial charge on any atom is -0.483 e. The largest absolute Gasteiger partial charge is 0.483 e. The zero-order valence-corrected chi connectivity index (χ0v) is 11.1. The van der Waals surface area contributed by atoms with Crippen LogP contribution in [0.3, 0.4) is 0 Å². The zero-order chi connectivity index (χ0) is 13.8. The third-order valence-electron chi connectivity index (χ3n) is 2.56. The van der Waals surface area contributed by atoms with Gasteiger partial charge in [-0.05, 0) is 30.7 Å². The van der Waals surface area contributed by atoms with E-state index in [0.29, 0.717) is 17.9 Å². The van der Waals surface area contributed by atoms with Gasteiger partial charge in [0.2, 0.25) is 5.95 Å². The van der Waals surface area contributed by atoms with E-state index in [-0.39, 0.29) is 17.1 Å². The Morgan fingerprint density at radius 3 is 2.84 bits per heavy atom. The lowest BCUT2D eigenvalue weighted by Crippen LogP contribution is -2.10. The van der Waals surface area contributed by atoms with Crippen LogP contribution in [0, 0.1) is 5.82 Å². The molecule has 1 aromatic heterocycles. The SMILES string of the molecule is CC[C@H](Oc1ccc(F)cc1Cl)c1ccnc(N)n1. The second-order valence-corrected chi connectivity index (χ2v) is 4.34. The van der Waals surface area contributed by atoms with Crippen molar-refractivity contribution >= 4 is 17.5 Å². The summed E-state index contributed by atoms with van der Waals surface area (Å²) in [5.74, 6) is 0.188. The summed E-state index contributed by atoms with van der Waals surface area (Å²) in [4.78, 5) is 7.94. The number of nitrogens with two attached hydrogens (primary N) is 1. The molecular formula is C13H13ClFN3O. The van der Waals surface area contributed by atoms with Crippen LogP contribution in [0.2, 0.25) is 5.02 Å². The Kier molecular flexibility index (Phi) is 4.16. The van der Waals surface area contributed by atoms with E-state index in [1.54, 1.807) is 12.3 Å². The molecule has 0 spiro atoms. The number of nitrogens with zero attached hydrogens (tertiary/aromatic N) is 2. The normalized spacial score (nSPS) is 12.2. The van der Waals surface area contributed by atoms with Crippen molar-refractivity contribution in [3.8, 4) is 5.75 Å². The molecule has 0 unspecified atom stereocenters. The van der Waals surface area contributed by atoms with Gasteiger partial charge in [0.25, 0.3) is 0 Å². The van der Waals surface area contributed by atoms with Crippen molar-refractivity contribution in [2.24, 2.45) is 0 Å². The summed E-state index contributed by atoms with van der Waals surface area (Å²) in [7, 11) is 0. The fourth-order valence-corrected chi connectivity index (χ4v) is 1.86. The van der Waals surface area contributed by atoms with Gasteiger partial charge in [0.05, 0.1) is 10.7 Å². The minimum absolute atomic E-state index is 0.185. The van der Waals surface area contributed by atoms with E-state index in [4.69, 9.17) is 22.1 Å². The molecule has 1 heterocycles. The Bertz CT molecular complexity index is 580. The monoisotopic (exact) mass is 281 g/mol. The first-order chi connectivity index (χ1) is 9.10. The highest BCUT2D eigenvalue weighted by Crippen LogP contribution is 2.30. The van der Waals surface area contributed by atoms with Crippen LogP contribution >= 0.6 is 11.6 Å². The van der Waals surface area contributed by atoms with Crippen LogP contribution in [0.5, 0.6) is 5.75 Å². The highest BCUT2D eigenvalue weighted by atomic mass is 35.5. The Hall–Kier alpha value is -1.88. The topological polar surface area (TPSA) is 61.0 Å². The molecule has 0 fully saturated rings. The second-order valence-electron chi connectivity index (χ2n) is 3.93. The van der Waals surface area contributed by atoms with E-state index >= 15 is 0 Å². The maximum Gasteiger partial charge on any atom is 0.220 e. The van der Waals surface area contributed by atoms with Crippen LogP contribution in [0.1, 0.15) is 25.1 Å². The Labute approximate surface area is 115 Å². The van der Waals surface area contributed by atoms with Crippen LogP contribution in [0.4, 0.5) is 10.3 Å². The quantitative estimate of drug-likeness (QED) is 0.933. The van der Waals surface area contributed by atoms with E-state index in [9.17, 15) is 4.39 Å². The third kappa shape index (κ3) is 3.32. The van der Waals surface area contributed by atoms with Gasteiger partial charge >= 0.3 is 0 Å². The summed E-state index contributed by atoms with van der Waals surface area (Å²) in [5, 5.41) is 0.223. The summed E-state index contributed by atoms with van der Waals surface area (Å²) < 4.78 is 18.7. The fourth-order valence-electron chi connectivity index (χ4n) is 1.64. The van der Waals surface area contributed by atoms with E-state index in [1.165, 1.54) is 18.2 Å². The van der Waals surface area contributed by atoms with Crippen molar-refractivity contribution in [1.82, 2.24) is 9.97 Å². The molecule has 2 N–H and O–H groups in total. The van der Waals surface area contributed by atoms with Gasteiger partial charge in [0.15, 0.2) is 0 Å². The molecule has 0 bridgehead atoms. The van der Waals surface area contributed by atoms with E-state index in [0.717, 1.165) is 0 Å². The molecule has 0 amide bonds. The molecule has 0 aliphatic heterocycles. The second kappa shape index (κ2) is 5.84. The number of ether oxygens (including phenoxy) is 1. The number of rotatable bonds is 4. The van der Waals surface area contributed by atoms with Gasteiger partial charge in [0, 0.05) is 6.20 Å². The average Bonchev–Trinajstić information content (AvgIpc) is 2.38. The number of nitrogen functional groups attached to an aromatic ring is 1. The lowest BCUT2D eigenvalue weighted by Gasteiger charge is -2.18. The molecule has 0 radical (unpaired) electrons. The smallest absolute Gasteiger partial charge is 0.220 e. The Balaban J connectivity index is 2.24. The molecule has 0 aliphatic carbocycles. The number of aromatic nitrogens is 2. The van der Waals surface area contributed by atoms with Crippen LogP contribution < -0.4 is 10.5 Å². The van der Waals surface area contributed by atoms with Gasteiger partial charge in [-0.2, -0.15) is 0 Å². The van der Waals surface area contributed by atoms with Gasteiger partial charge in [-0.25, -0.2) is 14.4 Å². The van der Waals surface area contributed by atoms with Crippen molar-refractivity contribution in [2.45, 2.75) is 19.4 Å². The molecule has 19 heavy (non-hydrogen) atoms. The molecule has 1 aromatic carbocycles. The van der Waals surface area contributed by atoms with Crippen molar-refractivity contribution in [1.29, 1.82) is 0 Å². The van der Waals surface area contributed by atoms with Gasteiger partial charge in [-0.15, -0.1) is 0 Å². The molecule has 2 rings (SSSR count). The molecule has 1 atom stereocenters. The van der Waals surface area contributed by atoms with Crippen molar-refractivity contribution in [3.63, 3.8) is 0 Å². The first-order valence-corrected chi connectivity index (χ1v) is 6.18. The molecule has 0 aliphatic rings. The standard InChI is InChI=1S/C13H13ClFN3O/c1-2-11(10-5-6-17-13(16)18-10)19-12-4-3-8(15)7-9(12)14/h3-7,11H,2H2,1H3,(H2,16,17,18)/t11-/m0/s1. The van der Waals surface area contributed by atoms with E-state index in [2.05, 4.69) is 9.97 Å².